The zero-order valence-electron chi connectivity index (χ0n) is 15.9. The van der Waals surface area contributed by atoms with Crippen LogP contribution in [0.5, 0.6) is 0 Å². The molecular weight excluding hydrogens is 405 g/mol. The number of piperazine rings is 1. The minimum atomic E-state index is -4.44. The third kappa shape index (κ3) is 4.13. The summed E-state index contributed by atoms with van der Waals surface area (Å²) in [6.45, 7) is 2.02. The van der Waals surface area contributed by atoms with Gasteiger partial charge in [-0.2, -0.15) is 13.2 Å². The zero-order chi connectivity index (χ0) is 21.3. The van der Waals surface area contributed by atoms with E-state index in [0.717, 1.165) is 29.8 Å². The number of nitrogens with zero attached hydrogens (tertiary/aromatic N) is 6. The molecule has 0 bridgehead atoms. The summed E-state index contributed by atoms with van der Waals surface area (Å²) in [7, 11) is 0. The molecule has 0 unspecified atom stereocenters. The second-order valence-corrected chi connectivity index (χ2v) is 7.07. The molecule has 0 aliphatic carbocycles. The Balaban J connectivity index is 1.37. The molecule has 0 radical (unpaired) electrons. The number of alkyl halides is 3. The van der Waals surface area contributed by atoms with Crippen molar-refractivity contribution in [2.45, 2.75) is 25.1 Å². The van der Waals surface area contributed by atoms with E-state index >= 15 is 0 Å². The van der Waals surface area contributed by atoms with Crippen LogP contribution >= 0.6 is 0 Å². The summed E-state index contributed by atoms with van der Waals surface area (Å²) in [5.74, 6) is -0.655. The van der Waals surface area contributed by atoms with Crippen LogP contribution in [-0.4, -0.2) is 80.7 Å². The third-order valence-corrected chi connectivity index (χ3v) is 5.11. The van der Waals surface area contributed by atoms with Crippen molar-refractivity contribution in [3.05, 3.63) is 35.7 Å². The molecule has 0 spiro atoms. The normalized spacial score (nSPS) is 19.9. The van der Waals surface area contributed by atoms with Gasteiger partial charge in [0.15, 0.2) is 0 Å². The summed E-state index contributed by atoms with van der Waals surface area (Å²) in [5, 5.41) is 11.5. The van der Waals surface area contributed by atoms with E-state index in [0.29, 0.717) is 32.8 Å². The van der Waals surface area contributed by atoms with Gasteiger partial charge in [-0.25, -0.2) is 0 Å². The number of tetrazole rings is 1. The van der Waals surface area contributed by atoms with E-state index in [4.69, 9.17) is 4.74 Å². The molecule has 2 aliphatic rings. The maximum absolute atomic E-state index is 12.7. The second-order valence-electron chi connectivity index (χ2n) is 7.07. The summed E-state index contributed by atoms with van der Waals surface area (Å²) in [6.07, 6.45) is -3.25. The molecule has 12 heteroatoms. The third-order valence-electron chi connectivity index (χ3n) is 5.11. The van der Waals surface area contributed by atoms with Crippen LogP contribution in [0.15, 0.2) is 24.3 Å². The topological polar surface area (TPSA) is 93.5 Å². The van der Waals surface area contributed by atoms with Crippen LogP contribution in [0.4, 0.5) is 13.2 Å². The van der Waals surface area contributed by atoms with E-state index in [1.54, 1.807) is 4.90 Å². The molecule has 1 aromatic carbocycles. The number of halogens is 3. The van der Waals surface area contributed by atoms with E-state index in [9.17, 15) is 22.8 Å². The van der Waals surface area contributed by atoms with E-state index in [1.807, 2.05) is 0 Å². The maximum Gasteiger partial charge on any atom is 0.416 e. The van der Waals surface area contributed by atoms with Gasteiger partial charge in [-0.05, 0) is 42.3 Å². The molecule has 3 heterocycles. The minimum Gasteiger partial charge on any atom is -0.368 e. The van der Waals surface area contributed by atoms with Crippen molar-refractivity contribution in [3.8, 4) is 5.69 Å². The Hall–Kier alpha value is -3.02. The van der Waals surface area contributed by atoms with Crippen LogP contribution in [0, 0.1) is 0 Å². The van der Waals surface area contributed by atoms with Crippen molar-refractivity contribution >= 4 is 11.8 Å². The van der Waals surface area contributed by atoms with E-state index in [2.05, 4.69) is 15.4 Å². The highest BCUT2D eigenvalue weighted by Gasteiger charge is 2.33. The number of carbonyl (C=O) groups is 2. The molecule has 9 nitrogen and oxygen atoms in total. The first-order chi connectivity index (χ1) is 14.3. The highest BCUT2D eigenvalue weighted by molar-refractivity contribution is 5.90. The second kappa shape index (κ2) is 8.01. The van der Waals surface area contributed by atoms with Crippen LogP contribution in [0.2, 0.25) is 0 Å². The van der Waals surface area contributed by atoms with Crippen molar-refractivity contribution in [3.63, 3.8) is 0 Å². The van der Waals surface area contributed by atoms with E-state index in [1.165, 1.54) is 17.0 Å². The number of hydrogen-bond acceptors (Lipinski definition) is 6. The minimum absolute atomic E-state index is 0.0500. The van der Waals surface area contributed by atoms with Crippen LogP contribution in [-0.2, 0) is 15.7 Å². The summed E-state index contributed by atoms with van der Waals surface area (Å²) < 4.78 is 43.4. The molecule has 0 N–H and O–H groups in total. The van der Waals surface area contributed by atoms with Crippen LogP contribution < -0.4 is 0 Å². The number of aromatic nitrogens is 4. The average molecular weight is 424 g/mol. The molecule has 160 valence electrons. The van der Waals surface area contributed by atoms with Gasteiger partial charge in [0, 0.05) is 32.8 Å². The van der Waals surface area contributed by atoms with E-state index in [-0.39, 0.29) is 17.4 Å². The Bertz CT molecular complexity index is 916. The van der Waals surface area contributed by atoms with Gasteiger partial charge in [0.25, 0.3) is 17.6 Å². The van der Waals surface area contributed by atoms with Crippen molar-refractivity contribution in [1.29, 1.82) is 0 Å². The Morgan fingerprint density at radius 3 is 2.30 bits per heavy atom. The molecule has 4 rings (SSSR count). The van der Waals surface area contributed by atoms with Crippen LogP contribution in [0.1, 0.15) is 29.0 Å². The van der Waals surface area contributed by atoms with E-state index < -0.39 is 23.8 Å². The van der Waals surface area contributed by atoms with Crippen LogP contribution in [0.25, 0.3) is 5.69 Å². The van der Waals surface area contributed by atoms with Gasteiger partial charge < -0.3 is 14.5 Å². The largest absolute Gasteiger partial charge is 0.416 e. The van der Waals surface area contributed by atoms with Crippen LogP contribution in [0.3, 0.4) is 0 Å². The fourth-order valence-corrected chi connectivity index (χ4v) is 3.44. The van der Waals surface area contributed by atoms with Crippen molar-refractivity contribution in [1.82, 2.24) is 30.0 Å². The molecular formula is C18H19F3N6O3. The number of rotatable bonds is 3. The molecule has 2 amide bonds. The van der Waals surface area contributed by atoms with Crippen molar-refractivity contribution in [2.75, 3.05) is 32.8 Å². The highest BCUT2D eigenvalue weighted by atomic mass is 19.4. The Morgan fingerprint density at radius 2 is 1.70 bits per heavy atom. The predicted octanol–water partition coefficient (Wildman–Crippen LogP) is 1.14. The molecule has 1 aromatic heterocycles. The fraction of sp³-hybridized carbons (Fsp3) is 0.500. The highest BCUT2D eigenvalue weighted by Crippen LogP contribution is 2.29. The first kappa shape index (κ1) is 20.3. The summed E-state index contributed by atoms with van der Waals surface area (Å²) in [5.41, 5.74) is -0.542. The lowest BCUT2D eigenvalue weighted by Gasteiger charge is -2.35. The number of carbonyl (C=O) groups excluding carboxylic acids is 2. The lowest BCUT2D eigenvalue weighted by molar-refractivity contribution is -0.142. The first-order valence-corrected chi connectivity index (χ1v) is 9.50. The molecule has 30 heavy (non-hydrogen) atoms. The lowest BCUT2D eigenvalue weighted by Crippen LogP contribution is -2.53. The summed E-state index contributed by atoms with van der Waals surface area (Å²) in [6, 6.07) is 4.22. The van der Waals surface area contributed by atoms with Gasteiger partial charge in [0.2, 0.25) is 0 Å². The smallest absolute Gasteiger partial charge is 0.368 e. The molecule has 2 fully saturated rings. The Morgan fingerprint density at radius 1 is 1.03 bits per heavy atom. The average Bonchev–Trinajstić information content (AvgIpc) is 3.45. The van der Waals surface area contributed by atoms with Crippen molar-refractivity contribution in [2.24, 2.45) is 0 Å². The number of amides is 2. The molecule has 2 aromatic rings. The standard InChI is InChI=1S/C18H19F3N6O3/c19-18(20,21)12-3-5-13(6-4-12)27-23-15(22-24-27)17(29)26-9-7-25(8-10-26)16(28)14-2-1-11-30-14/h3-6,14H,1-2,7-11H2/t14-/m1/s1. The quantitative estimate of drug-likeness (QED) is 0.734. The number of benzene rings is 1. The molecule has 1 atom stereocenters. The maximum atomic E-state index is 12.7. The predicted molar refractivity (Wildman–Crippen MR) is 95.6 cm³/mol. The van der Waals surface area contributed by atoms with Gasteiger partial charge in [-0.3, -0.25) is 9.59 Å². The number of ether oxygens (including phenoxy) is 1. The number of hydrogen-bond donors (Lipinski definition) is 0. The Kier molecular flexibility index (Phi) is 5.41. The molecule has 2 aliphatic heterocycles. The first-order valence-electron chi connectivity index (χ1n) is 9.50. The Labute approximate surface area is 169 Å². The van der Waals surface area contributed by atoms with Gasteiger partial charge in [-0.15, -0.1) is 15.0 Å². The van der Waals surface area contributed by atoms with Crippen molar-refractivity contribution < 1.29 is 27.5 Å². The van der Waals surface area contributed by atoms with Gasteiger partial charge in [0.05, 0.1) is 11.3 Å². The zero-order valence-corrected chi connectivity index (χ0v) is 15.9. The van der Waals surface area contributed by atoms with Gasteiger partial charge in [-0.1, -0.05) is 0 Å². The van der Waals surface area contributed by atoms with Gasteiger partial charge >= 0.3 is 6.18 Å². The molecule has 2 saturated heterocycles. The fourth-order valence-electron chi connectivity index (χ4n) is 3.44. The lowest BCUT2D eigenvalue weighted by atomic mass is 10.2. The molecule has 0 saturated carbocycles. The summed E-state index contributed by atoms with van der Waals surface area (Å²) >= 11 is 0. The SMILES string of the molecule is O=C(c1nnn(-c2ccc(C(F)(F)F)cc2)n1)N1CCN(C(=O)[C@H]2CCCO2)CC1. The monoisotopic (exact) mass is 424 g/mol. The van der Waals surface area contributed by atoms with Gasteiger partial charge in [0.1, 0.15) is 6.10 Å². The summed E-state index contributed by atoms with van der Waals surface area (Å²) in [4.78, 5) is 29.2.